The first kappa shape index (κ1) is 10.9. The van der Waals surface area contributed by atoms with E-state index in [1.807, 2.05) is 13.8 Å². The van der Waals surface area contributed by atoms with Crippen molar-refractivity contribution < 1.29 is 0 Å². The van der Waals surface area contributed by atoms with E-state index in [1.54, 1.807) is 0 Å². The summed E-state index contributed by atoms with van der Waals surface area (Å²) in [6.07, 6.45) is 0.885. The molecule has 3 N–H and O–H groups in total. The monoisotopic (exact) mass is 194 g/mol. The van der Waals surface area contributed by atoms with Crippen LogP contribution in [0.3, 0.4) is 0 Å². The van der Waals surface area contributed by atoms with Crippen LogP contribution in [0.25, 0.3) is 0 Å². The molecule has 78 valence electrons. The third-order valence-electron chi connectivity index (χ3n) is 2.16. The van der Waals surface area contributed by atoms with Gasteiger partial charge >= 0.3 is 0 Å². The second-order valence-electron chi connectivity index (χ2n) is 3.94. The zero-order valence-corrected chi connectivity index (χ0v) is 9.26. The fraction of sp³-hybridized carbons (Fsp3) is 0.600. The number of hydrogen-bond donors (Lipinski definition) is 2. The Labute approximate surface area is 84.9 Å². The van der Waals surface area contributed by atoms with E-state index in [2.05, 4.69) is 29.2 Å². The van der Waals surface area contributed by atoms with Gasteiger partial charge < -0.3 is 5.43 Å². The summed E-state index contributed by atoms with van der Waals surface area (Å²) in [6, 6.07) is 0. The van der Waals surface area contributed by atoms with E-state index < -0.39 is 0 Å². The van der Waals surface area contributed by atoms with Gasteiger partial charge in [-0.25, -0.2) is 15.8 Å². The number of nitrogens with zero attached hydrogens (tertiary/aromatic N) is 2. The lowest BCUT2D eigenvalue weighted by molar-refractivity contribution is 0.618. The first-order valence-electron chi connectivity index (χ1n) is 4.85. The molecule has 0 aliphatic carbocycles. The smallest absolute Gasteiger partial charge is 0.146 e. The van der Waals surface area contributed by atoms with Crippen molar-refractivity contribution in [3.63, 3.8) is 0 Å². The fourth-order valence-corrected chi connectivity index (χ4v) is 1.28. The molecule has 14 heavy (non-hydrogen) atoms. The van der Waals surface area contributed by atoms with E-state index in [4.69, 9.17) is 5.84 Å². The van der Waals surface area contributed by atoms with Gasteiger partial charge in [-0.15, -0.1) is 0 Å². The molecule has 0 unspecified atom stereocenters. The Bertz CT molecular complexity index is 320. The highest BCUT2D eigenvalue weighted by molar-refractivity contribution is 5.44. The standard InChI is InChI=1S/C10H18N4/c1-6(2)5-9-12-8(4)7(3)10(13-9)14-11/h6H,5,11H2,1-4H3,(H,12,13,14). The summed E-state index contributed by atoms with van der Waals surface area (Å²) in [5.41, 5.74) is 4.60. The van der Waals surface area contributed by atoms with Gasteiger partial charge in [0.15, 0.2) is 0 Å². The number of aromatic nitrogens is 2. The van der Waals surface area contributed by atoms with Crippen LogP contribution in [0.5, 0.6) is 0 Å². The molecule has 0 aliphatic rings. The Morgan fingerprint density at radius 1 is 1.29 bits per heavy atom. The molecule has 1 aromatic rings. The molecule has 0 aromatic carbocycles. The largest absolute Gasteiger partial charge is 0.308 e. The van der Waals surface area contributed by atoms with E-state index in [-0.39, 0.29) is 0 Å². The Balaban J connectivity index is 3.03. The van der Waals surface area contributed by atoms with Crippen LogP contribution in [-0.4, -0.2) is 9.97 Å². The molecular weight excluding hydrogens is 176 g/mol. The third kappa shape index (κ3) is 2.42. The van der Waals surface area contributed by atoms with Gasteiger partial charge in [0.2, 0.25) is 0 Å². The number of nitrogen functional groups attached to an aromatic ring is 1. The Morgan fingerprint density at radius 3 is 2.43 bits per heavy atom. The van der Waals surface area contributed by atoms with Crippen LogP contribution in [0.15, 0.2) is 0 Å². The van der Waals surface area contributed by atoms with Crippen molar-refractivity contribution in [1.29, 1.82) is 0 Å². The summed E-state index contributed by atoms with van der Waals surface area (Å²) in [6.45, 7) is 8.23. The second kappa shape index (κ2) is 4.37. The summed E-state index contributed by atoms with van der Waals surface area (Å²) >= 11 is 0. The van der Waals surface area contributed by atoms with Crippen LogP contribution in [0.2, 0.25) is 0 Å². The minimum absolute atomic E-state index is 0.558. The summed E-state index contributed by atoms with van der Waals surface area (Å²) in [5.74, 6) is 7.52. The SMILES string of the molecule is Cc1nc(CC(C)C)nc(NN)c1C. The highest BCUT2D eigenvalue weighted by Crippen LogP contribution is 2.14. The topological polar surface area (TPSA) is 63.8 Å². The highest BCUT2D eigenvalue weighted by Gasteiger charge is 2.07. The summed E-state index contributed by atoms with van der Waals surface area (Å²) in [4.78, 5) is 8.76. The molecule has 0 amide bonds. The van der Waals surface area contributed by atoms with Crippen molar-refractivity contribution in [3.8, 4) is 0 Å². The molecule has 0 radical (unpaired) electrons. The van der Waals surface area contributed by atoms with Gasteiger partial charge in [-0.05, 0) is 19.8 Å². The molecular formula is C10H18N4. The average molecular weight is 194 g/mol. The minimum Gasteiger partial charge on any atom is -0.308 e. The highest BCUT2D eigenvalue weighted by atomic mass is 15.3. The lowest BCUT2D eigenvalue weighted by Gasteiger charge is -2.10. The van der Waals surface area contributed by atoms with E-state index in [1.165, 1.54) is 0 Å². The number of hydrogen-bond acceptors (Lipinski definition) is 4. The van der Waals surface area contributed by atoms with Crippen LogP contribution >= 0.6 is 0 Å². The maximum atomic E-state index is 5.38. The van der Waals surface area contributed by atoms with Crippen molar-refractivity contribution in [1.82, 2.24) is 9.97 Å². The number of anilines is 1. The zero-order valence-electron chi connectivity index (χ0n) is 9.26. The molecule has 1 rings (SSSR count). The number of rotatable bonds is 3. The van der Waals surface area contributed by atoms with Crippen molar-refractivity contribution in [3.05, 3.63) is 17.1 Å². The summed E-state index contributed by atoms with van der Waals surface area (Å²) < 4.78 is 0. The molecule has 1 aromatic heterocycles. The number of nitrogens with two attached hydrogens (primary N) is 1. The van der Waals surface area contributed by atoms with E-state index in [0.29, 0.717) is 5.92 Å². The number of aryl methyl sites for hydroxylation is 1. The molecule has 4 heteroatoms. The lowest BCUT2D eigenvalue weighted by atomic mass is 10.1. The molecule has 1 heterocycles. The molecule has 0 aliphatic heterocycles. The Kier molecular flexibility index (Phi) is 3.41. The molecule has 0 atom stereocenters. The van der Waals surface area contributed by atoms with Crippen LogP contribution in [0.4, 0.5) is 5.82 Å². The zero-order chi connectivity index (χ0) is 10.7. The predicted octanol–water partition coefficient (Wildman–Crippen LogP) is 1.58. The quantitative estimate of drug-likeness (QED) is 0.566. The van der Waals surface area contributed by atoms with Gasteiger partial charge in [-0.1, -0.05) is 13.8 Å². The van der Waals surface area contributed by atoms with E-state index in [9.17, 15) is 0 Å². The van der Waals surface area contributed by atoms with Gasteiger partial charge in [0.25, 0.3) is 0 Å². The maximum Gasteiger partial charge on any atom is 0.146 e. The lowest BCUT2D eigenvalue weighted by Crippen LogP contribution is -2.14. The third-order valence-corrected chi connectivity index (χ3v) is 2.16. The van der Waals surface area contributed by atoms with Gasteiger partial charge in [-0.3, -0.25) is 0 Å². The molecule has 0 saturated heterocycles. The van der Waals surface area contributed by atoms with Crippen LogP contribution in [-0.2, 0) is 6.42 Å². The van der Waals surface area contributed by atoms with Crippen molar-refractivity contribution in [2.24, 2.45) is 11.8 Å². The predicted molar refractivity (Wildman–Crippen MR) is 57.9 cm³/mol. The summed E-state index contributed by atoms with van der Waals surface area (Å²) in [7, 11) is 0. The fourth-order valence-electron chi connectivity index (χ4n) is 1.28. The summed E-state index contributed by atoms with van der Waals surface area (Å²) in [5, 5.41) is 0. The van der Waals surface area contributed by atoms with Crippen LogP contribution < -0.4 is 11.3 Å². The maximum absolute atomic E-state index is 5.38. The van der Waals surface area contributed by atoms with E-state index >= 15 is 0 Å². The second-order valence-corrected chi connectivity index (χ2v) is 3.94. The Morgan fingerprint density at radius 2 is 1.93 bits per heavy atom. The van der Waals surface area contributed by atoms with Crippen LogP contribution in [0, 0.1) is 19.8 Å². The van der Waals surface area contributed by atoms with Gasteiger partial charge in [0, 0.05) is 17.7 Å². The first-order valence-corrected chi connectivity index (χ1v) is 4.85. The normalized spacial score (nSPS) is 10.7. The number of hydrazine groups is 1. The van der Waals surface area contributed by atoms with Gasteiger partial charge in [-0.2, -0.15) is 0 Å². The first-order chi connectivity index (χ1) is 6.54. The Hall–Kier alpha value is -1.16. The molecule has 0 fully saturated rings. The van der Waals surface area contributed by atoms with Crippen LogP contribution in [0.1, 0.15) is 30.9 Å². The van der Waals surface area contributed by atoms with Crippen molar-refractivity contribution in [2.45, 2.75) is 34.1 Å². The molecule has 4 nitrogen and oxygen atoms in total. The number of nitrogens with one attached hydrogen (secondary N) is 1. The van der Waals surface area contributed by atoms with Crippen molar-refractivity contribution >= 4 is 5.82 Å². The molecule has 0 spiro atoms. The van der Waals surface area contributed by atoms with E-state index in [0.717, 1.165) is 29.3 Å². The van der Waals surface area contributed by atoms with Gasteiger partial charge in [0.1, 0.15) is 11.6 Å². The molecule has 0 bridgehead atoms. The minimum atomic E-state index is 0.558. The average Bonchev–Trinajstić information content (AvgIpc) is 2.10. The van der Waals surface area contributed by atoms with Crippen molar-refractivity contribution in [2.75, 3.05) is 5.43 Å². The van der Waals surface area contributed by atoms with Gasteiger partial charge in [0.05, 0.1) is 0 Å². The molecule has 0 saturated carbocycles.